The molecule has 0 aliphatic heterocycles. The first-order chi connectivity index (χ1) is 8.70. The van der Waals surface area contributed by atoms with Crippen LogP contribution in [-0.2, 0) is 6.54 Å². The lowest BCUT2D eigenvalue weighted by Gasteiger charge is -1.97. The Kier molecular flexibility index (Phi) is 2.89. The number of anilines is 2. The van der Waals surface area contributed by atoms with E-state index in [1.54, 1.807) is 22.7 Å². The molecule has 0 atom stereocenters. The molecule has 0 aliphatic rings. The molecular weight excluding hydrogens is 264 g/mol. The van der Waals surface area contributed by atoms with Gasteiger partial charge >= 0.3 is 0 Å². The van der Waals surface area contributed by atoms with Crippen LogP contribution in [0.3, 0.4) is 0 Å². The van der Waals surface area contributed by atoms with Crippen molar-refractivity contribution in [1.29, 1.82) is 0 Å². The molecule has 3 rings (SSSR count). The summed E-state index contributed by atoms with van der Waals surface area (Å²) in [6, 6.07) is 5.76. The highest BCUT2D eigenvalue weighted by atomic mass is 32.1. The van der Waals surface area contributed by atoms with Crippen molar-refractivity contribution in [2.75, 3.05) is 11.1 Å². The number of nitrogen functional groups attached to an aromatic ring is 1. The molecular formula is C12H12N4S2. The molecule has 0 aliphatic carbocycles. The minimum Gasteiger partial charge on any atom is -0.399 e. The first kappa shape index (κ1) is 11.4. The predicted octanol–water partition coefficient (Wildman–Crippen LogP) is 3.26. The Morgan fingerprint density at radius 3 is 3.00 bits per heavy atom. The first-order valence-corrected chi connectivity index (χ1v) is 7.21. The molecule has 4 nitrogen and oxygen atoms in total. The van der Waals surface area contributed by atoms with Crippen LogP contribution >= 0.6 is 22.7 Å². The van der Waals surface area contributed by atoms with Gasteiger partial charge in [-0.3, -0.25) is 0 Å². The Morgan fingerprint density at radius 1 is 1.33 bits per heavy atom. The summed E-state index contributed by atoms with van der Waals surface area (Å²) in [5, 5.41) is 7.35. The number of nitrogens with zero attached hydrogens (tertiary/aromatic N) is 2. The van der Waals surface area contributed by atoms with Crippen LogP contribution in [0.15, 0.2) is 23.6 Å². The third-order valence-corrected chi connectivity index (χ3v) is 4.30. The van der Waals surface area contributed by atoms with Gasteiger partial charge in [0.25, 0.3) is 0 Å². The first-order valence-electron chi connectivity index (χ1n) is 5.51. The number of benzene rings is 1. The highest BCUT2D eigenvalue weighted by molar-refractivity contribution is 7.22. The molecule has 0 fully saturated rings. The zero-order valence-electron chi connectivity index (χ0n) is 9.80. The summed E-state index contributed by atoms with van der Waals surface area (Å²) in [5.41, 5.74) is 8.55. The number of nitrogens with two attached hydrogens (primary N) is 1. The quantitative estimate of drug-likeness (QED) is 0.721. The Hall–Kier alpha value is -1.66. The van der Waals surface area contributed by atoms with E-state index in [4.69, 9.17) is 5.73 Å². The van der Waals surface area contributed by atoms with E-state index in [0.29, 0.717) is 6.54 Å². The molecule has 2 aromatic heterocycles. The average Bonchev–Trinajstić information content (AvgIpc) is 2.92. The van der Waals surface area contributed by atoms with E-state index in [1.165, 1.54) is 0 Å². The van der Waals surface area contributed by atoms with Gasteiger partial charge in [-0.05, 0) is 25.1 Å². The van der Waals surface area contributed by atoms with Gasteiger partial charge in [-0.25, -0.2) is 9.97 Å². The minimum atomic E-state index is 0.708. The smallest absolute Gasteiger partial charge is 0.184 e. The average molecular weight is 276 g/mol. The third-order valence-electron chi connectivity index (χ3n) is 2.50. The fourth-order valence-corrected chi connectivity index (χ4v) is 3.19. The number of fused-ring (bicyclic) bond motifs is 1. The lowest BCUT2D eigenvalue weighted by atomic mass is 10.3. The molecule has 1 aromatic carbocycles. The van der Waals surface area contributed by atoms with Crippen LogP contribution < -0.4 is 11.1 Å². The molecule has 0 radical (unpaired) electrons. The zero-order valence-corrected chi connectivity index (χ0v) is 11.4. The van der Waals surface area contributed by atoms with E-state index in [1.807, 2.05) is 25.1 Å². The van der Waals surface area contributed by atoms with Crippen molar-refractivity contribution in [2.45, 2.75) is 13.5 Å². The van der Waals surface area contributed by atoms with Gasteiger partial charge in [-0.15, -0.1) is 11.3 Å². The second-order valence-electron chi connectivity index (χ2n) is 3.96. The molecule has 0 bridgehead atoms. The molecule has 3 N–H and O–H groups in total. The Bertz CT molecular complexity index is 686. The number of hydrogen-bond donors (Lipinski definition) is 2. The topological polar surface area (TPSA) is 63.8 Å². The van der Waals surface area contributed by atoms with E-state index in [9.17, 15) is 0 Å². The van der Waals surface area contributed by atoms with Crippen molar-refractivity contribution in [3.05, 3.63) is 34.3 Å². The monoisotopic (exact) mass is 276 g/mol. The lowest BCUT2D eigenvalue weighted by Crippen LogP contribution is -1.98. The van der Waals surface area contributed by atoms with Crippen molar-refractivity contribution < 1.29 is 0 Å². The normalized spacial score (nSPS) is 10.9. The third kappa shape index (κ3) is 2.30. The van der Waals surface area contributed by atoms with Crippen molar-refractivity contribution >= 4 is 43.7 Å². The van der Waals surface area contributed by atoms with E-state index in [0.717, 1.165) is 31.7 Å². The summed E-state index contributed by atoms with van der Waals surface area (Å²) in [4.78, 5) is 8.91. The second kappa shape index (κ2) is 4.55. The summed E-state index contributed by atoms with van der Waals surface area (Å²) in [6.45, 7) is 2.72. The largest absolute Gasteiger partial charge is 0.399 e. The van der Waals surface area contributed by atoms with Gasteiger partial charge in [0.15, 0.2) is 5.13 Å². The van der Waals surface area contributed by atoms with Crippen molar-refractivity contribution in [2.24, 2.45) is 0 Å². The minimum absolute atomic E-state index is 0.708. The van der Waals surface area contributed by atoms with Gasteiger partial charge in [0.05, 0.1) is 27.5 Å². The van der Waals surface area contributed by atoms with E-state index in [-0.39, 0.29) is 0 Å². The Balaban J connectivity index is 1.78. The number of nitrogens with one attached hydrogen (secondary N) is 1. The molecule has 0 saturated heterocycles. The van der Waals surface area contributed by atoms with Gasteiger partial charge in [0.2, 0.25) is 0 Å². The summed E-state index contributed by atoms with van der Waals surface area (Å²) in [6.07, 6.45) is 0. The zero-order chi connectivity index (χ0) is 12.5. The van der Waals surface area contributed by atoms with Gasteiger partial charge < -0.3 is 11.1 Å². The van der Waals surface area contributed by atoms with Crippen LogP contribution in [0.25, 0.3) is 10.2 Å². The van der Waals surface area contributed by atoms with Crippen molar-refractivity contribution in [3.63, 3.8) is 0 Å². The number of aromatic nitrogens is 2. The van der Waals surface area contributed by atoms with Crippen LogP contribution in [-0.4, -0.2) is 9.97 Å². The maximum atomic E-state index is 5.75. The SMILES string of the molecule is Cc1nc(CNc2nc3ccc(N)cc3s2)cs1. The second-order valence-corrected chi connectivity index (χ2v) is 6.05. The van der Waals surface area contributed by atoms with Crippen LogP contribution in [0.1, 0.15) is 10.7 Å². The van der Waals surface area contributed by atoms with Crippen molar-refractivity contribution in [3.8, 4) is 0 Å². The fourth-order valence-electron chi connectivity index (χ4n) is 1.67. The summed E-state index contributed by atoms with van der Waals surface area (Å²) >= 11 is 3.27. The highest BCUT2D eigenvalue weighted by Crippen LogP contribution is 2.27. The lowest BCUT2D eigenvalue weighted by molar-refractivity contribution is 1.05. The predicted molar refractivity (Wildman–Crippen MR) is 78.2 cm³/mol. The van der Waals surface area contributed by atoms with E-state index < -0.39 is 0 Å². The molecule has 0 saturated carbocycles. The molecule has 3 aromatic rings. The van der Waals surface area contributed by atoms with Crippen LogP contribution in [0, 0.1) is 6.92 Å². The molecule has 0 spiro atoms. The maximum Gasteiger partial charge on any atom is 0.184 e. The summed E-state index contributed by atoms with van der Waals surface area (Å²) in [7, 11) is 0. The van der Waals surface area contributed by atoms with Crippen LogP contribution in [0.2, 0.25) is 0 Å². The Morgan fingerprint density at radius 2 is 2.22 bits per heavy atom. The molecule has 18 heavy (non-hydrogen) atoms. The number of thiazole rings is 2. The van der Waals surface area contributed by atoms with Gasteiger partial charge in [0, 0.05) is 11.1 Å². The van der Waals surface area contributed by atoms with Crippen LogP contribution in [0.5, 0.6) is 0 Å². The molecule has 0 unspecified atom stereocenters. The molecule has 6 heteroatoms. The number of rotatable bonds is 3. The molecule has 0 amide bonds. The summed E-state index contributed by atoms with van der Waals surface area (Å²) < 4.78 is 1.10. The van der Waals surface area contributed by atoms with Gasteiger partial charge in [-0.1, -0.05) is 11.3 Å². The molecule has 2 heterocycles. The van der Waals surface area contributed by atoms with Crippen molar-refractivity contribution in [1.82, 2.24) is 9.97 Å². The maximum absolute atomic E-state index is 5.75. The number of hydrogen-bond acceptors (Lipinski definition) is 6. The van der Waals surface area contributed by atoms with Crippen LogP contribution in [0.4, 0.5) is 10.8 Å². The van der Waals surface area contributed by atoms with Gasteiger partial charge in [0.1, 0.15) is 0 Å². The highest BCUT2D eigenvalue weighted by Gasteiger charge is 2.04. The fraction of sp³-hybridized carbons (Fsp3) is 0.167. The van der Waals surface area contributed by atoms with Gasteiger partial charge in [-0.2, -0.15) is 0 Å². The summed E-state index contributed by atoms with van der Waals surface area (Å²) in [5.74, 6) is 0. The molecule has 92 valence electrons. The standard InChI is InChI=1S/C12H12N4S2/c1-7-15-9(6-17-7)5-14-12-16-10-3-2-8(13)4-11(10)18-12/h2-4,6H,5,13H2,1H3,(H,14,16). The van der Waals surface area contributed by atoms with E-state index in [2.05, 4.69) is 20.7 Å². The Labute approximate surface area is 113 Å². The van der Waals surface area contributed by atoms with E-state index >= 15 is 0 Å². The number of aryl methyl sites for hydroxylation is 1.